The predicted octanol–water partition coefficient (Wildman–Crippen LogP) is 1.66. The number of fused-ring (bicyclic) bond motifs is 1. The third-order valence-corrected chi connectivity index (χ3v) is 6.12. The van der Waals surface area contributed by atoms with Gasteiger partial charge in [-0.05, 0) is 25.1 Å². The van der Waals surface area contributed by atoms with Crippen LogP contribution in [-0.2, 0) is 14.6 Å². The van der Waals surface area contributed by atoms with Gasteiger partial charge in [0.05, 0.1) is 11.4 Å². The Hall–Kier alpha value is -3.27. The van der Waals surface area contributed by atoms with Crippen molar-refractivity contribution in [2.24, 2.45) is 4.99 Å². The first-order valence-corrected chi connectivity index (χ1v) is 11.0. The van der Waals surface area contributed by atoms with Crippen LogP contribution in [0.3, 0.4) is 0 Å². The number of carbonyl (C=O) groups is 2. The topological polar surface area (TPSA) is 108 Å². The summed E-state index contributed by atoms with van der Waals surface area (Å²) >= 11 is 0. The minimum absolute atomic E-state index is 0.171. The molecule has 10 heteroatoms. The largest absolute Gasteiger partial charge is 0.322 e. The number of amides is 3. The van der Waals surface area contributed by atoms with Crippen molar-refractivity contribution >= 4 is 33.2 Å². The molecule has 30 heavy (non-hydrogen) atoms. The van der Waals surface area contributed by atoms with Gasteiger partial charge in [-0.1, -0.05) is 30.3 Å². The van der Waals surface area contributed by atoms with Gasteiger partial charge in [-0.3, -0.25) is 4.79 Å². The number of benzene rings is 2. The molecule has 0 aromatic heterocycles. The van der Waals surface area contributed by atoms with Crippen LogP contribution in [0.25, 0.3) is 0 Å². The van der Waals surface area contributed by atoms with Crippen molar-refractivity contribution in [3.05, 3.63) is 65.5 Å². The Bertz CT molecular complexity index is 1130. The van der Waals surface area contributed by atoms with E-state index in [0.29, 0.717) is 11.3 Å². The van der Waals surface area contributed by atoms with Gasteiger partial charge in [0.1, 0.15) is 11.2 Å². The van der Waals surface area contributed by atoms with Crippen LogP contribution in [-0.4, -0.2) is 50.9 Å². The van der Waals surface area contributed by atoms with Crippen molar-refractivity contribution in [2.45, 2.75) is 18.5 Å². The molecule has 0 fully saturated rings. The third kappa shape index (κ3) is 4.33. The maximum Gasteiger partial charge on any atom is 0.317 e. The summed E-state index contributed by atoms with van der Waals surface area (Å²) in [6, 6.07) is 12.0. The van der Waals surface area contributed by atoms with Crippen molar-refractivity contribution in [1.82, 2.24) is 10.6 Å². The molecule has 0 aliphatic carbocycles. The first-order valence-electron chi connectivity index (χ1n) is 9.05. The van der Waals surface area contributed by atoms with E-state index in [9.17, 15) is 22.4 Å². The first kappa shape index (κ1) is 21.4. The van der Waals surface area contributed by atoms with Crippen LogP contribution in [0.15, 0.2) is 53.5 Å². The van der Waals surface area contributed by atoms with Gasteiger partial charge in [0.15, 0.2) is 9.84 Å². The lowest BCUT2D eigenvalue weighted by Gasteiger charge is -2.21. The zero-order chi connectivity index (χ0) is 22.1. The minimum Gasteiger partial charge on any atom is -0.322 e. The summed E-state index contributed by atoms with van der Waals surface area (Å²) in [5.41, 5.74) is 1.39. The van der Waals surface area contributed by atoms with Crippen molar-refractivity contribution in [1.29, 1.82) is 0 Å². The summed E-state index contributed by atoms with van der Waals surface area (Å²) in [4.78, 5) is 30.9. The number of sulfone groups is 1. The Morgan fingerprint density at radius 3 is 2.37 bits per heavy atom. The summed E-state index contributed by atoms with van der Waals surface area (Å²) in [5, 5.41) is 3.47. The van der Waals surface area contributed by atoms with E-state index in [-0.39, 0.29) is 11.3 Å². The molecule has 1 aliphatic heterocycles. The third-order valence-electron chi connectivity index (χ3n) is 4.72. The van der Waals surface area contributed by atoms with E-state index >= 15 is 0 Å². The van der Waals surface area contributed by atoms with Crippen LogP contribution >= 0.6 is 0 Å². The lowest BCUT2D eigenvalue weighted by atomic mass is 10.00. The van der Waals surface area contributed by atoms with Crippen molar-refractivity contribution in [3.63, 3.8) is 0 Å². The molecule has 0 saturated heterocycles. The number of carbonyl (C=O) groups excluding carboxylic acids is 2. The number of nitrogens with zero attached hydrogens (tertiary/aromatic N) is 2. The highest BCUT2D eigenvalue weighted by Gasteiger charge is 2.32. The molecule has 2 unspecified atom stereocenters. The number of anilines is 1. The zero-order valence-corrected chi connectivity index (χ0v) is 17.4. The second-order valence-corrected chi connectivity index (χ2v) is 9.23. The normalized spacial score (nSPS) is 17.5. The molecule has 3 rings (SSSR count). The maximum absolute atomic E-state index is 14.5. The monoisotopic (exact) mass is 432 g/mol. The highest BCUT2D eigenvalue weighted by atomic mass is 32.2. The summed E-state index contributed by atoms with van der Waals surface area (Å²) in [5.74, 6) is -1.09. The second-order valence-electron chi connectivity index (χ2n) is 6.86. The van der Waals surface area contributed by atoms with Gasteiger partial charge in [-0.15, -0.1) is 0 Å². The molecule has 0 radical (unpaired) electrons. The molecule has 0 saturated carbocycles. The molecule has 1 heterocycles. The fourth-order valence-electron chi connectivity index (χ4n) is 2.94. The summed E-state index contributed by atoms with van der Waals surface area (Å²) in [6.45, 7) is 1.31. The number of hydrogen-bond donors (Lipinski definition) is 2. The molecule has 3 amide bonds. The van der Waals surface area contributed by atoms with Crippen LogP contribution in [0.5, 0.6) is 0 Å². The molecule has 2 atom stereocenters. The highest BCUT2D eigenvalue weighted by molar-refractivity contribution is 7.91. The van der Waals surface area contributed by atoms with Crippen molar-refractivity contribution < 1.29 is 22.4 Å². The Morgan fingerprint density at radius 1 is 1.13 bits per heavy atom. The first-order chi connectivity index (χ1) is 14.1. The van der Waals surface area contributed by atoms with E-state index in [0.717, 1.165) is 6.26 Å². The smallest absolute Gasteiger partial charge is 0.317 e. The molecule has 1 aliphatic rings. The van der Waals surface area contributed by atoms with Crippen LogP contribution in [0.4, 0.5) is 14.9 Å². The molecule has 0 bridgehead atoms. The number of likely N-dealkylation sites (N-methyl/N-ethyl adjacent to an activating group) is 1. The number of hydrogen-bond acceptors (Lipinski definition) is 5. The fourth-order valence-corrected chi connectivity index (χ4v) is 3.26. The maximum atomic E-state index is 14.5. The number of urea groups is 1. The van der Waals surface area contributed by atoms with E-state index in [2.05, 4.69) is 15.6 Å². The Morgan fingerprint density at radius 2 is 1.73 bits per heavy atom. The van der Waals surface area contributed by atoms with Gasteiger partial charge in [0.25, 0.3) is 5.91 Å². The zero-order valence-electron chi connectivity index (χ0n) is 16.6. The molecule has 2 aromatic rings. The van der Waals surface area contributed by atoms with Gasteiger partial charge in [0, 0.05) is 24.4 Å². The quantitative estimate of drug-likeness (QED) is 0.766. The van der Waals surface area contributed by atoms with E-state index in [1.165, 1.54) is 37.1 Å². The molecular formula is C20H21FN4O4S. The molecule has 2 aromatic carbocycles. The van der Waals surface area contributed by atoms with Crippen molar-refractivity contribution in [2.75, 3.05) is 18.2 Å². The minimum atomic E-state index is -3.53. The predicted molar refractivity (Wildman–Crippen MR) is 112 cm³/mol. The van der Waals surface area contributed by atoms with Gasteiger partial charge in [-0.25, -0.2) is 22.6 Å². The summed E-state index contributed by atoms with van der Waals surface area (Å²) < 4.78 is 37.7. The molecular weight excluding hydrogens is 411 g/mol. The average molecular weight is 432 g/mol. The highest BCUT2D eigenvalue weighted by Crippen LogP contribution is 2.27. The number of rotatable bonds is 4. The van der Waals surface area contributed by atoms with Gasteiger partial charge < -0.3 is 15.5 Å². The molecule has 158 valence electrons. The van der Waals surface area contributed by atoms with Crippen LogP contribution in [0.1, 0.15) is 18.1 Å². The second kappa shape index (κ2) is 8.23. The van der Waals surface area contributed by atoms with E-state index < -0.39 is 39.1 Å². The van der Waals surface area contributed by atoms with Crippen LogP contribution in [0.2, 0.25) is 0 Å². The number of benzodiazepines with no additional fused rings is 1. The van der Waals surface area contributed by atoms with Gasteiger partial charge in [0.2, 0.25) is 6.17 Å². The standard InChI is InChI=1S/C20H21FN4O4S/c1-12(30(3,28)29)22-20(27)24-18-19(26)25(2)16-11-7-5-9-14(16)17(23-18)13-8-4-6-10-15(13)21/h4-12,18H,1-3H3,(H2,22,24,27). The Labute approximate surface area is 173 Å². The summed E-state index contributed by atoms with van der Waals surface area (Å²) in [6.07, 6.45) is -0.406. The van der Waals surface area contributed by atoms with Gasteiger partial charge >= 0.3 is 6.03 Å². The lowest BCUT2D eigenvalue weighted by molar-refractivity contribution is -0.119. The fraction of sp³-hybridized carbons (Fsp3) is 0.250. The number of aliphatic imine (C=N–C) groups is 1. The molecule has 2 N–H and O–H groups in total. The van der Waals surface area contributed by atoms with Crippen molar-refractivity contribution in [3.8, 4) is 0 Å². The van der Waals surface area contributed by atoms with Crippen LogP contribution in [0, 0.1) is 5.82 Å². The molecule has 8 nitrogen and oxygen atoms in total. The number of para-hydroxylation sites is 1. The van der Waals surface area contributed by atoms with Gasteiger partial charge in [-0.2, -0.15) is 0 Å². The van der Waals surface area contributed by atoms with E-state index in [1.807, 2.05) is 0 Å². The Balaban J connectivity index is 2.04. The average Bonchev–Trinajstić information content (AvgIpc) is 2.79. The van der Waals surface area contributed by atoms with Crippen LogP contribution < -0.4 is 15.5 Å². The lowest BCUT2D eigenvalue weighted by Crippen LogP contribution is -2.52. The Kier molecular flexibility index (Phi) is 5.88. The number of nitrogens with one attached hydrogen (secondary N) is 2. The molecule has 0 spiro atoms. The van der Waals surface area contributed by atoms with E-state index in [4.69, 9.17) is 0 Å². The summed E-state index contributed by atoms with van der Waals surface area (Å²) in [7, 11) is -2.01. The number of halogens is 1. The SMILES string of the molecule is CC(NC(=O)NC1N=C(c2ccccc2F)c2ccccc2N(C)C1=O)S(C)(=O)=O. The van der Waals surface area contributed by atoms with E-state index in [1.54, 1.807) is 30.3 Å².